The van der Waals surface area contributed by atoms with Crippen LogP contribution in [0.5, 0.6) is 11.5 Å². The monoisotopic (exact) mass is 258 g/mol. The highest BCUT2D eigenvalue weighted by Gasteiger charge is 2.17. The lowest BCUT2D eigenvalue weighted by Crippen LogP contribution is -2.36. The fraction of sp³-hybridized carbons (Fsp3) is 0.0769. The van der Waals surface area contributed by atoms with Crippen LogP contribution in [0.3, 0.4) is 0 Å². The van der Waals surface area contributed by atoms with Gasteiger partial charge in [-0.25, -0.2) is 0 Å². The van der Waals surface area contributed by atoms with Crippen molar-refractivity contribution in [2.24, 2.45) is 0 Å². The summed E-state index contributed by atoms with van der Waals surface area (Å²) in [5, 5.41) is 14.1. The summed E-state index contributed by atoms with van der Waals surface area (Å²) in [6, 6.07) is 9.68. The van der Waals surface area contributed by atoms with Crippen molar-refractivity contribution in [3.63, 3.8) is 0 Å². The fourth-order valence-electron chi connectivity index (χ4n) is 1.77. The molecule has 0 aliphatic carbocycles. The zero-order valence-corrected chi connectivity index (χ0v) is 9.83. The molecule has 1 N–H and O–H groups in total. The Morgan fingerprint density at radius 3 is 2.89 bits per heavy atom. The van der Waals surface area contributed by atoms with Gasteiger partial charge in [-0.3, -0.25) is 4.79 Å². The van der Waals surface area contributed by atoms with Gasteiger partial charge in [0.15, 0.2) is 17.7 Å². The number of carbonyl (C=O) groups excluding carboxylic acids is 1. The molecule has 0 radical (unpaired) electrons. The molecule has 0 spiro atoms. The van der Waals surface area contributed by atoms with Gasteiger partial charge in [-0.05, 0) is 18.2 Å². The lowest BCUT2D eigenvalue weighted by atomic mass is 10.2. The molecule has 6 nitrogen and oxygen atoms in total. The number of pyridine rings is 1. The molecule has 96 valence electrons. The highest BCUT2D eigenvalue weighted by Crippen LogP contribution is 2.34. The SMILES string of the molecule is O=C(Nc1ccc2c(c1)OCO2)c1cccc[n+]1[O-]. The van der Waals surface area contributed by atoms with Gasteiger partial charge in [0.2, 0.25) is 6.79 Å². The maximum atomic E-state index is 11.9. The number of ether oxygens (including phenoxy) is 2. The Bertz CT molecular complexity index is 642. The molecule has 19 heavy (non-hydrogen) atoms. The minimum Gasteiger partial charge on any atom is -0.618 e. The van der Waals surface area contributed by atoms with Crippen LogP contribution in [-0.2, 0) is 0 Å². The second kappa shape index (κ2) is 4.49. The van der Waals surface area contributed by atoms with Crippen LogP contribution in [0.1, 0.15) is 10.5 Å². The number of carbonyl (C=O) groups is 1. The Hall–Kier alpha value is -2.76. The Kier molecular flexibility index (Phi) is 2.68. The van der Waals surface area contributed by atoms with Crippen LogP contribution >= 0.6 is 0 Å². The van der Waals surface area contributed by atoms with E-state index in [1.165, 1.54) is 12.3 Å². The van der Waals surface area contributed by atoms with Crippen LogP contribution in [0.2, 0.25) is 0 Å². The number of anilines is 1. The molecule has 1 amide bonds. The zero-order valence-electron chi connectivity index (χ0n) is 9.83. The molecule has 0 saturated carbocycles. The number of nitrogens with one attached hydrogen (secondary N) is 1. The van der Waals surface area contributed by atoms with Gasteiger partial charge in [0.1, 0.15) is 0 Å². The summed E-state index contributed by atoms with van der Waals surface area (Å²) in [7, 11) is 0. The van der Waals surface area contributed by atoms with Crippen molar-refractivity contribution in [1.82, 2.24) is 0 Å². The molecule has 0 fully saturated rings. The van der Waals surface area contributed by atoms with Crippen LogP contribution in [0, 0.1) is 5.21 Å². The van der Waals surface area contributed by atoms with Gasteiger partial charge in [0.05, 0.1) is 0 Å². The van der Waals surface area contributed by atoms with Crippen LogP contribution in [-0.4, -0.2) is 12.7 Å². The van der Waals surface area contributed by atoms with Crippen LogP contribution in [0.4, 0.5) is 5.69 Å². The summed E-state index contributed by atoms with van der Waals surface area (Å²) >= 11 is 0. The predicted molar refractivity (Wildman–Crippen MR) is 65.9 cm³/mol. The first-order valence-electron chi connectivity index (χ1n) is 5.63. The Morgan fingerprint density at radius 1 is 1.21 bits per heavy atom. The molecule has 2 heterocycles. The first kappa shape index (κ1) is 11.3. The van der Waals surface area contributed by atoms with Crippen molar-refractivity contribution in [3.05, 3.63) is 53.5 Å². The second-order valence-electron chi connectivity index (χ2n) is 3.93. The second-order valence-corrected chi connectivity index (χ2v) is 3.93. The molecule has 6 heteroatoms. The summed E-state index contributed by atoms with van der Waals surface area (Å²) in [5.41, 5.74) is 0.568. The van der Waals surface area contributed by atoms with E-state index in [1.807, 2.05) is 0 Å². The fourth-order valence-corrected chi connectivity index (χ4v) is 1.77. The van der Waals surface area contributed by atoms with Gasteiger partial charge in [0.25, 0.3) is 5.69 Å². The number of hydrogen-bond acceptors (Lipinski definition) is 4. The van der Waals surface area contributed by atoms with Crippen molar-refractivity contribution in [2.75, 3.05) is 12.1 Å². The number of benzene rings is 1. The first-order valence-corrected chi connectivity index (χ1v) is 5.63. The van der Waals surface area contributed by atoms with Crippen molar-refractivity contribution >= 4 is 11.6 Å². The lowest BCUT2D eigenvalue weighted by molar-refractivity contribution is -0.607. The minimum absolute atomic E-state index is 0.0279. The molecule has 0 atom stereocenters. The van der Waals surface area contributed by atoms with Crippen LogP contribution in [0.25, 0.3) is 0 Å². The van der Waals surface area contributed by atoms with E-state index in [0.29, 0.717) is 21.9 Å². The molecule has 1 aliphatic rings. The van der Waals surface area contributed by atoms with E-state index in [-0.39, 0.29) is 12.5 Å². The number of fused-ring (bicyclic) bond motifs is 1. The van der Waals surface area contributed by atoms with E-state index < -0.39 is 5.91 Å². The van der Waals surface area contributed by atoms with E-state index in [4.69, 9.17) is 9.47 Å². The van der Waals surface area contributed by atoms with E-state index in [9.17, 15) is 10.0 Å². The smallest absolute Gasteiger partial charge is 0.321 e. The van der Waals surface area contributed by atoms with Crippen molar-refractivity contribution in [1.29, 1.82) is 0 Å². The topological polar surface area (TPSA) is 74.5 Å². The Balaban J connectivity index is 1.82. The number of hydrogen-bond donors (Lipinski definition) is 1. The molecule has 2 aromatic rings. The predicted octanol–water partition coefficient (Wildman–Crippen LogP) is 1.30. The molecule has 0 saturated heterocycles. The molecular weight excluding hydrogens is 248 g/mol. The summed E-state index contributed by atoms with van der Waals surface area (Å²) in [6.45, 7) is 0.173. The minimum atomic E-state index is -0.477. The summed E-state index contributed by atoms with van der Waals surface area (Å²) in [4.78, 5) is 11.9. The highest BCUT2D eigenvalue weighted by molar-refractivity contribution is 6.02. The van der Waals surface area contributed by atoms with E-state index in [1.54, 1.807) is 30.3 Å². The molecule has 1 aromatic carbocycles. The van der Waals surface area contributed by atoms with E-state index in [2.05, 4.69) is 5.32 Å². The first-order chi connectivity index (χ1) is 9.24. The highest BCUT2D eigenvalue weighted by atomic mass is 16.7. The van der Waals surface area contributed by atoms with Crippen LogP contribution < -0.4 is 19.5 Å². The van der Waals surface area contributed by atoms with Gasteiger partial charge in [-0.2, -0.15) is 4.73 Å². The largest absolute Gasteiger partial charge is 0.618 e. The van der Waals surface area contributed by atoms with Gasteiger partial charge in [-0.15, -0.1) is 0 Å². The molecular formula is C13H10N2O4. The quantitative estimate of drug-likeness (QED) is 0.650. The van der Waals surface area contributed by atoms with Gasteiger partial charge >= 0.3 is 5.91 Å². The number of amides is 1. The van der Waals surface area contributed by atoms with Gasteiger partial charge in [-0.1, -0.05) is 0 Å². The molecule has 1 aromatic heterocycles. The van der Waals surface area contributed by atoms with E-state index >= 15 is 0 Å². The Labute approximate surface area is 108 Å². The van der Waals surface area contributed by atoms with Crippen LogP contribution in [0.15, 0.2) is 42.6 Å². The average molecular weight is 258 g/mol. The zero-order chi connectivity index (χ0) is 13.2. The number of rotatable bonds is 2. The number of aromatic nitrogens is 1. The maximum Gasteiger partial charge on any atom is 0.321 e. The van der Waals surface area contributed by atoms with Crippen molar-refractivity contribution in [3.8, 4) is 11.5 Å². The molecule has 0 unspecified atom stereocenters. The summed E-state index contributed by atoms with van der Waals surface area (Å²) in [5.74, 6) is 0.729. The van der Waals surface area contributed by atoms with Gasteiger partial charge in [0, 0.05) is 23.9 Å². The third-order valence-electron chi connectivity index (χ3n) is 2.69. The molecule has 1 aliphatic heterocycles. The maximum absolute atomic E-state index is 11.9. The third-order valence-corrected chi connectivity index (χ3v) is 2.69. The third kappa shape index (κ3) is 2.15. The standard InChI is InChI=1S/C13H10N2O4/c16-13(10-3-1-2-6-15(10)17)14-9-4-5-11-12(7-9)19-8-18-11/h1-7H,8H2,(H,14,16). The summed E-state index contributed by atoms with van der Waals surface area (Å²) < 4.78 is 10.9. The van der Waals surface area contributed by atoms with Crippen molar-refractivity contribution in [2.45, 2.75) is 0 Å². The molecule has 0 bridgehead atoms. The molecule has 3 rings (SSSR count). The number of nitrogens with zero attached hydrogens (tertiary/aromatic N) is 1. The lowest BCUT2D eigenvalue weighted by Gasteiger charge is -2.06. The van der Waals surface area contributed by atoms with Crippen molar-refractivity contribution < 1.29 is 19.0 Å². The van der Waals surface area contributed by atoms with E-state index in [0.717, 1.165) is 0 Å². The normalized spacial score (nSPS) is 12.2. The summed E-state index contributed by atoms with van der Waals surface area (Å²) in [6.07, 6.45) is 1.27. The Morgan fingerprint density at radius 2 is 2.05 bits per heavy atom. The average Bonchev–Trinajstić information content (AvgIpc) is 2.86. The van der Waals surface area contributed by atoms with Gasteiger partial charge < -0.3 is 20.0 Å².